The monoisotopic (exact) mass is 236 g/mol. The highest BCUT2D eigenvalue weighted by Crippen LogP contribution is 2.13. The highest BCUT2D eigenvalue weighted by Gasteiger charge is 2.05. The number of para-hydroxylation sites is 2. The fourth-order valence-corrected chi connectivity index (χ4v) is 1.84. The van der Waals surface area contributed by atoms with Gasteiger partial charge in [0.1, 0.15) is 11.4 Å². The zero-order valence-corrected chi connectivity index (χ0v) is 9.99. The van der Waals surface area contributed by atoms with Crippen LogP contribution < -0.4 is 0 Å². The van der Waals surface area contributed by atoms with Gasteiger partial charge in [0.25, 0.3) is 0 Å². The third-order valence-electron chi connectivity index (χ3n) is 2.71. The van der Waals surface area contributed by atoms with Crippen LogP contribution in [0.1, 0.15) is 6.92 Å². The van der Waals surface area contributed by atoms with Gasteiger partial charge in [0.2, 0.25) is 0 Å². The smallest absolute Gasteiger partial charge is 0.129 e. The summed E-state index contributed by atoms with van der Waals surface area (Å²) >= 11 is 0. The van der Waals surface area contributed by atoms with Gasteiger partial charge in [-0.05, 0) is 31.2 Å². The van der Waals surface area contributed by atoms with Crippen molar-refractivity contribution in [3.8, 4) is 0 Å². The minimum absolute atomic E-state index is 0.801. The predicted molar refractivity (Wildman–Crippen MR) is 72.1 cm³/mol. The molecule has 0 aliphatic carbocycles. The Morgan fingerprint density at radius 3 is 2.56 bits per heavy atom. The van der Waals surface area contributed by atoms with Crippen molar-refractivity contribution >= 4 is 22.6 Å². The molecule has 4 heteroatoms. The lowest BCUT2D eigenvalue weighted by Crippen LogP contribution is -2.08. The van der Waals surface area contributed by atoms with Gasteiger partial charge >= 0.3 is 0 Å². The van der Waals surface area contributed by atoms with Gasteiger partial charge in [-0.3, -0.25) is 0 Å². The Labute approximate surface area is 105 Å². The number of hydrogen-bond acceptors (Lipinski definition) is 3. The van der Waals surface area contributed by atoms with Crippen molar-refractivity contribution in [3.05, 3.63) is 54.6 Å². The number of benzene rings is 2. The van der Waals surface area contributed by atoms with Crippen LogP contribution in [0.25, 0.3) is 11.0 Å². The SMILES string of the molecule is CC(=Nc1ccccc1)n1nnc2ccccc21. The van der Waals surface area contributed by atoms with Gasteiger partial charge in [0, 0.05) is 0 Å². The molecule has 0 N–H and O–H groups in total. The van der Waals surface area contributed by atoms with Gasteiger partial charge in [0.05, 0.1) is 11.2 Å². The molecule has 4 nitrogen and oxygen atoms in total. The average Bonchev–Trinajstić information content (AvgIpc) is 2.84. The Morgan fingerprint density at radius 1 is 1.00 bits per heavy atom. The van der Waals surface area contributed by atoms with Crippen molar-refractivity contribution in [2.75, 3.05) is 0 Å². The number of nitrogens with zero attached hydrogens (tertiary/aromatic N) is 4. The molecule has 3 aromatic rings. The minimum Gasteiger partial charge on any atom is -0.234 e. The first-order valence-electron chi connectivity index (χ1n) is 5.76. The lowest BCUT2D eigenvalue weighted by atomic mass is 10.3. The number of aliphatic imine (C=N–C) groups is 1. The summed E-state index contributed by atoms with van der Waals surface area (Å²) in [5.74, 6) is 0.801. The van der Waals surface area contributed by atoms with Gasteiger partial charge in [-0.15, -0.1) is 5.10 Å². The van der Waals surface area contributed by atoms with Crippen molar-refractivity contribution in [2.24, 2.45) is 4.99 Å². The highest BCUT2D eigenvalue weighted by atomic mass is 15.4. The fraction of sp³-hybridized carbons (Fsp3) is 0.0714. The summed E-state index contributed by atoms with van der Waals surface area (Å²) in [7, 11) is 0. The van der Waals surface area contributed by atoms with Gasteiger partial charge in [-0.1, -0.05) is 35.5 Å². The summed E-state index contributed by atoms with van der Waals surface area (Å²) < 4.78 is 1.75. The summed E-state index contributed by atoms with van der Waals surface area (Å²) in [4.78, 5) is 4.53. The van der Waals surface area contributed by atoms with Gasteiger partial charge in [-0.25, -0.2) is 4.99 Å². The normalized spacial score (nSPS) is 11.9. The molecular weight excluding hydrogens is 224 g/mol. The van der Waals surface area contributed by atoms with E-state index < -0.39 is 0 Å². The van der Waals surface area contributed by atoms with Crippen LogP contribution >= 0.6 is 0 Å². The quantitative estimate of drug-likeness (QED) is 0.481. The van der Waals surface area contributed by atoms with E-state index in [1.165, 1.54) is 0 Å². The van der Waals surface area contributed by atoms with E-state index >= 15 is 0 Å². The van der Waals surface area contributed by atoms with Crippen molar-refractivity contribution in [3.63, 3.8) is 0 Å². The number of aromatic nitrogens is 3. The van der Waals surface area contributed by atoms with Crippen LogP contribution in [0.4, 0.5) is 5.69 Å². The summed E-state index contributed by atoms with van der Waals surface area (Å²) in [5.41, 5.74) is 2.75. The number of rotatable bonds is 1. The molecule has 0 fully saturated rings. The zero-order chi connectivity index (χ0) is 12.4. The fourth-order valence-electron chi connectivity index (χ4n) is 1.84. The van der Waals surface area contributed by atoms with E-state index in [0.717, 1.165) is 22.6 Å². The van der Waals surface area contributed by atoms with Crippen molar-refractivity contribution in [1.29, 1.82) is 0 Å². The molecule has 0 aliphatic heterocycles. The molecule has 0 bridgehead atoms. The molecule has 0 saturated heterocycles. The van der Waals surface area contributed by atoms with Crippen LogP contribution in [-0.4, -0.2) is 20.8 Å². The Bertz CT molecular complexity index is 698. The second-order valence-corrected chi connectivity index (χ2v) is 3.98. The standard InChI is InChI=1S/C14H12N4/c1-11(15-12-7-3-2-4-8-12)18-14-10-6-5-9-13(14)16-17-18/h2-10H,1H3. The maximum Gasteiger partial charge on any atom is 0.129 e. The van der Waals surface area contributed by atoms with Crippen LogP contribution in [0.2, 0.25) is 0 Å². The van der Waals surface area contributed by atoms with Gasteiger partial charge in [-0.2, -0.15) is 4.68 Å². The lowest BCUT2D eigenvalue weighted by Gasteiger charge is -2.01. The Kier molecular flexibility index (Phi) is 2.61. The average molecular weight is 236 g/mol. The second-order valence-electron chi connectivity index (χ2n) is 3.98. The highest BCUT2D eigenvalue weighted by molar-refractivity contribution is 5.91. The Hall–Kier alpha value is -2.49. The van der Waals surface area contributed by atoms with Gasteiger partial charge in [0.15, 0.2) is 0 Å². The molecule has 18 heavy (non-hydrogen) atoms. The maximum absolute atomic E-state index is 4.53. The molecule has 0 saturated carbocycles. The summed E-state index contributed by atoms with van der Waals surface area (Å²) in [5, 5.41) is 8.24. The number of fused-ring (bicyclic) bond motifs is 1. The predicted octanol–water partition coefficient (Wildman–Crippen LogP) is 3.03. The minimum atomic E-state index is 0.801. The third-order valence-corrected chi connectivity index (χ3v) is 2.71. The van der Waals surface area contributed by atoms with E-state index in [0.29, 0.717) is 0 Å². The number of hydrogen-bond donors (Lipinski definition) is 0. The van der Waals surface area contributed by atoms with Crippen LogP contribution in [0.5, 0.6) is 0 Å². The summed E-state index contributed by atoms with van der Waals surface area (Å²) in [6.45, 7) is 1.92. The molecule has 3 rings (SSSR count). The van der Waals surface area contributed by atoms with Crippen molar-refractivity contribution in [1.82, 2.24) is 15.0 Å². The van der Waals surface area contributed by atoms with E-state index in [-0.39, 0.29) is 0 Å². The first-order valence-corrected chi connectivity index (χ1v) is 5.76. The molecule has 1 aromatic heterocycles. The molecule has 0 atom stereocenters. The van der Waals surface area contributed by atoms with Gasteiger partial charge < -0.3 is 0 Å². The van der Waals surface area contributed by atoms with Crippen LogP contribution in [-0.2, 0) is 0 Å². The molecule has 0 unspecified atom stereocenters. The molecule has 0 radical (unpaired) electrons. The van der Waals surface area contributed by atoms with Crippen LogP contribution in [0.15, 0.2) is 59.6 Å². The molecule has 2 aromatic carbocycles. The van der Waals surface area contributed by atoms with Crippen LogP contribution in [0, 0.1) is 0 Å². The van der Waals surface area contributed by atoms with E-state index in [1.807, 2.05) is 61.5 Å². The Balaban J connectivity index is 2.07. The molecule has 88 valence electrons. The molecule has 0 aliphatic rings. The molecule has 0 amide bonds. The molecule has 1 heterocycles. The van der Waals surface area contributed by atoms with Crippen molar-refractivity contribution < 1.29 is 0 Å². The van der Waals surface area contributed by atoms with E-state index in [4.69, 9.17) is 0 Å². The zero-order valence-electron chi connectivity index (χ0n) is 9.99. The van der Waals surface area contributed by atoms with E-state index in [9.17, 15) is 0 Å². The van der Waals surface area contributed by atoms with Crippen LogP contribution in [0.3, 0.4) is 0 Å². The largest absolute Gasteiger partial charge is 0.234 e. The molecular formula is C14H12N4. The summed E-state index contributed by atoms with van der Waals surface area (Å²) in [6, 6.07) is 17.7. The second kappa shape index (κ2) is 4.41. The van der Waals surface area contributed by atoms with Crippen molar-refractivity contribution in [2.45, 2.75) is 6.92 Å². The third kappa shape index (κ3) is 1.88. The lowest BCUT2D eigenvalue weighted by molar-refractivity contribution is 0.857. The van der Waals surface area contributed by atoms with E-state index in [1.54, 1.807) is 4.68 Å². The molecule has 0 spiro atoms. The topological polar surface area (TPSA) is 43.1 Å². The summed E-state index contributed by atoms with van der Waals surface area (Å²) in [6.07, 6.45) is 0. The first kappa shape index (κ1) is 10.7. The van der Waals surface area contributed by atoms with E-state index in [2.05, 4.69) is 15.3 Å². The Morgan fingerprint density at radius 2 is 1.72 bits per heavy atom. The maximum atomic E-state index is 4.53. The first-order chi connectivity index (χ1) is 8.84.